The number of benzene rings is 2. The number of carbonyl (C=O) groups excluding carboxylic acids is 2. The standard InChI is InChI=1S/C15H9Cl2NO5/c1-23-15(20)8-2-5-12(16)11(6-8)14(19)10-4-3-9(18(21)22)7-13(10)17/h2-7H,1H3. The fourth-order valence-electron chi connectivity index (χ4n) is 1.89. The molecule has 0 spiro atoms. The number of ether oxygens (including phenoxy) is 1. The van der Waals surface area contributed by atoms with Gasteiger partial charge in [-0.1, -0.05) is 23.2 Å². The van der Waals surface area contributed by atoms with Crippen molar-refractivity contribution < 1.29 is 19.2 Å². The highest BCUT2D eigenvalue weighted by atomic mass is 35.5. The molecule has 2 aromatic carbocycles. The van der Waals surface area contributed by atoms with Crippen LogP contribution in [0.3, 0.4) is 0 Å². The molecule has 23 heavy (non-hydrogen) atoms. The quantitative estimate of drug-likeness (QED) is 0.359. The van der Waals surface area contributed by atoms with Gasteiger partial charge in [-0.2, -0.15) is 0 Å². The molecule has 0 radical (unpaired) electrons. The molecular weight excluding hydrogens is 345 g/mol. The average molecular weight is 354 g/mol. The second-order valence-corrected chi connectivity index (χ2v) is 5.25. The summed E-state index contributed by atoms with van der Waals surface area (Å²) in [5, 5.41) is 10.7. The minimum atomic E-state index is -0.620. The Morgan fingerprint density at radius 3 is 2.30 bits per heavy atom. The van der Waals surface area contributed by atoms with Gasteiger partial charge in [0.1, 0.15) is 0 Å². The Bertz CT molecular complexity index is 820. The van der Waals surface area contributed by atoms with E-state index >= 15 is 0 Å². The van der Waals surface area contributed by atoms with Crippen LogP contribution in [0, 0.1) is 10.1 Å². The summed E-state index contributed by atoms with van der Waals surface area (Å²) in [5.74, 6) is -1.17. The van der Waals surface area contributed by atoms with Gasteiger partial charge in [-0.05, 0) is 24.3 Å². The molecule has 0 aliphatic rings. The molecule has 0 aliphatic carbocycles. The molecule has 8 heteroatoms. The number of methoxy groups -OCH3 is 1. The molecule has 2 aromatic rings. The van der Waals surface area contributed by atoms with E-state index in [0.717, 1.165) is 12.1 Å². The van der Waals surface area contributed by atoms with Crippen molar-refractivity contribution in [1.82, 2.24) is 0 Å². The first-order valence-corrected chi connectivity index (χ1v) is 6.97. The zero-order valence-corrected chi connectivity index (χ0v) is 13.2. The second kappa shape index (κ2) is 6.76. The zero-order chi connectivity index (χ0) is 17.1. The van der Waals surface area contributed by atoms with Crippen molar-refractivity contribution in [2.24, 2.45) is 0 Å². The molecule has 0 amide bonds. The maximum Gasteiger partial charge on any atom is 0.337 e. The summed E-state index contributed by atoms with van der Waals surface area (Å²) in [6, 6.07) is 7.57. The van der Waals surface area contributed by atoms with Crippen LogP contribution in [0.5, 0.6) is 0 Å². The molecule has 2 rings (SSSR count). The lowest BCUT2D eigenvalue weighted by atomic mass is 10.0. The highest BCUT2D eigenvalue weighted by molar-refractivity contribution is 6.38. The third kappa shape index (κ3) is 3.49. The van der Waals surface area contributed by atoms with Crippen LogP contribution >= 0.6 is 23.2 Å². The van der Waals surface area contributed by atoms with Gasteiger partial charge < -0.3 is 4.74 Å². The average Bonchev–Trinajstić information content (AvgIpc) is 2.53. The Labute approximate surface area is 140 Å². The van der Waals surface area contributed by atoms with Gasteiger partial charge in [-0.3, -0.25) is 14.9 Å². The lowest BCUT2D eigenvalue weighted by Crippen LogP contribution is -2.07. The van der Waals surface area contributed by atoms with Crippen molar-refractivity contribution in [3.05, 3.63) is 73.2 Å². The van der Waals surface area contributed by atoms with Gasteiger partial charge in [0.15, 0.2) is 5.78 Å². The van der Waals surface area contributed by atoms with E-state index in [1.165, 1.54) is 31.4 Å². The van der Waals surface area contributed by atoms with Gasteiger partial charge in [-0.25, -0.2) is 4.79 Å². The van der Waals surface area contributed by atoms with E-state index in [2.05, 4.69) is 4.74 Å². The van der Waals surface area contributed by atoms with E-state index in [4.69, 9.17) is 23.2 Å². The number of nitrogens with zero attached hydrogens (tertiary/aromatic N) is 1. The predicted molar refractivity (Wildman–Crippen MR) is 84.3 cm³/mol. The number of rotatable bonds is 4. The Morgan fingerprint density at radius 2 is 1.74 bits per heavy atom. The van der Waals surface area contributed by atoms with Crippen LogP contribution in [-0.4, -0.2) is 23.8 Å². The highest BCUT2D eigenvalue weighted by Gasteiger charge is 2.20. The van der Waals surface area contributed by atoms with Crippen molar-refractivity contribution in [2.45, 2.75) is 0 Å². The maximum atomic E-state index is 12.5. The summed E-state index contributed by atoms with van der Waals surface area (Å²) in [7, 11) is 1.21. The molecule has 118 valence electrons. The van der Waals surface area contributed by atoms with E-state index < -0.39 is 16.7 Å². The molecule has 0 atom stereocenters. The molecule has 0 N–H and O–H groups in total. The number of carbonyl (C=O) groups is 2. The molecule has 6 nitrogen and oxygen atoms in total. The van der Waals surface area contributed by atoms with Gasteiger partial charge in [0, 0.05) is 23.3 Å². The van der Waals surface area contributed by atoms with Crippen LogP contribution in [0.25, 0.3) is 0 Å². The maximum absolute atomic E-state index is 12.5. The van der Waals surface area contributed by atoms with Crippen LogP contribution in [0.1, 0.15) is 26.3 Å². The molecule has 0 aliphatic heterocycles. The molecular formula is C15H9Cl2NO5. The fraction of sp³-hybridized carbons (Fsp3) is 0.0667. The predicted octanol–water partition coefficient (Wildman–Crippen LogP) is 3.92. The summed E-state index contributed by atoms with van der Waals surface area (Å²) in [5.41, 5.74) is 0.00532. The van der Waals surface area contributed by atoms with Gasteiger partial charge in [0.05, 0.1) is 27.6 Å². The van der Waals surface area contributed by atoms with Crippen molar-refractivity contribution in [3.63, 3.8) is 0 Å². The number of hydrogen-bond donors (Lipinski definition) is 0. The number of nitro benzene ring substituents is 1. The Hall–Kier alpha value is -2.44. The van der Waals surface area contributed by atoms with Gasteiger partial charge in [-0.15, -0.1) is 0 Å². The van der Waals surface area contributed by atoms with Crippen molar-refractivity contribution in [1.29, 1.82) is 0 Å². The molecule has 0 bridgehead atoms. The van der Waals surface area contributed by atoms with Crippen LogP contribution in [0.15, 0.2) is 36.4 Å². The van der Waals surface area contributed by atoms with Crippen LogP contribution in [0.2, 0.25) is 10.0 Å². The number of hydrogen-bond acceptors (Lipinski definition) is 5. The molecule has 0 saturated carbocycles. The van der Waals surface area contributed by atoms with Crippen LogP contribution in [0.4, 0.5) is 5.69 Å². The summed E-state index contributed by atoms with van der Waals surface area (Å²) in [6.45, 7) is 0. The fourth-order valence-corrected chi connectivity index (χ4v) is 2.35. The Balaban J connectivity index is 2.48. The van der Waals surface area contributed by atoms with Crippen molar-refractivity contribution in [2.75, 3.05) is 7.11 Å². The molecule has 0 unspecified atom stereocenters. The highest BCUT2D eigenvalue weighted by Crippen LogP contribution is 2.27. The zero-order valence-electron chi connectivity index (χ0n) is 11.7. The first-order chi connectivity index (χ1) is 10.8. The van der Waals surface area contributed by atoms with Gasteiger partial charge in [0.2, 0.25) is 0 Å². The number of esters is 1. The summed E-state index contributed by atoms with van der Waals surface area (Å²) < 4.78 is 4.59. The minimum absolute atomic E-state index is 0.0428. The Kier molecular flexibility index (Phi) is 4.98. The topological polar surface area (TPSA) is 86.5 Å². The third-order valence-corrected chi connectivity index (χ3v) is 3.68. The number of ketones is 1. The SMILES string of the molecule is COC(=O)c1ccc(Cl)c(C(=O)c2ccc([N+](=O)[O-])cc2Cl)c1. The molecule has 0 aromatic heterocycles. The van der Waals surface area contributed by atoms with E-state index in [1.54, 1.807) is 0 Å². The monoisotopic (exact) mass is 353 g/mol. The van der Waals surface area contributed by atoms with Crippen LogP contribution < -0.4 is 0 Å². The normalized spacial score (nSPS) is 10.2. The summed E-state index contributed by atoms with van der Waals surface area (Å²) >= 11 is 11.9. The van der Waals surface area contributed by atoms with E-state index in [1.807, 2.05) is 0 Å². The smallest absolute Gasteiger partial charge is 0.337 e. The third-order valence-electron chi connectivity index (χ3n) is 3.04. The van der Waals surface area contributed by atoms with E-state index in [9.17, 15) is 19.7 Å². The van der Waals surface area contributed by atoms with Crippen molar-refractivity contribution in [3.8, 4) is 0 Å². The van der Waals surface area contributed by atoms with Gasteiger partial charge >= 0.3 is 5.97 Å². The van der Waals surface area contributed by atoms with E-state index in [-0.39, 0.29) is 32.4 Å². The number of non-ortho nitro benzene ring substituents is 1. The second-order valence-electron chi connectivity index (χ2n) is 4.44. The first kappa shape index (κ1) is 16.9. The van der Waals surface area contributed by atoms with Crippen molar-refractivity contribution >= 4 is 40.6 Å². The van der Waals surface area contributed by atoms with Gasteiger partial charge in [0.25, 0.3) is 5.69 Å². The summed E-state index contributed by atoms with van der Waals surface area (Å²) in [4.78, 5) is 34.2. The van der Waals surface area contributed by atoms with E-state index in [0.29, 0.717) is 0 Å². The summed E-state index contributed by atoms with van der Waals surface area (Å²) in [6.07, 6.45) is 0. The molecule has 0 heterocycles. The molecule has 0 saturated heterocycles. The molecule has 0 fully saturated rings. The minimum Gasteiger partial charge on any atom is -0.465 e. The largest absolute Gasteiger partial charge is 0.465 e. The number of nitro groups is 1. The Morgan fingerprint density at radius 1 is 1.04 bits per heavy atom. The lowest BCUT2D eigenvalue weighted by Gasteiger charge is -2.07. The van der Waals surface area contributed by atoms with Crippen LogP contribution in [-0.2, 0) is 4.74 Å². The lowest BCUT2D eigenvalue weighted by molar-refractivity contribution is -0.384. The number of halogens is 2. The first-order valence-electron chi connectivity index (χ1n) is 6.21.